The van der Waals surface area contributed by atoms with Crippen LogP contribution in [0.25, 0.3) is 0 Å². The van der Waals surface area contributed by atoms with Gasteiger partial charge in [0.1, 0.15) is 11.5 Å². The molecule has 4 aliphatic rings. The Morgan fingerprint density at radius 1 is 0.900 bits per heavy atom. The molecule has 30 heavy (non-hydrogen) atoms. The Labute approximate surface area is 186 Å². The van der Waals surface area contributed by atoms with Crippen LogP contribution in [0.2, 0.25) is 0 Å². The van der Waals surface area contributed by atoms with E-state index >= 15 is 0 Å². The van der Waals surface area contributed by atoms with Crippen molar-refractivity contribution < 1.29 is 9.53 Å². The van der Waals surface area contributed by atoms with Crippen molar-refractivity contribution in [1.29, 1.82) is 0 Å². The van der Waals surface area contributed by atoms with Gasteiger partial charge in [-0.1, -0.05) is 60.7 Å². The predicted octanol–water partition coefficient (Wildman–Crippen LogP) is 5.29. The van der Waals surface area contributed by atoms with Crippen LogP contribution in [0, 0.1) is 17.8 Å². The molecule has 4 saturated carbocycles. The number of halogens is 1. The zero-order valence-corrected chi connectivity index (χ0v) is 18.7. The second-order valence-corrected chi connectivity index (χ2v) is 9.78. The molecular weight excluding hydrogens is 394 g/mol. The van der Waals surface area contributed by atoms with Crippen molar-refractivity contribution in [2.45, 2.75) is 49.7 Å². The Bertz CT molecular complexity index is 814. The van der Waals surface area contributed by atoms with Crippen LogP contribution >= 0.6 is 12.4 Å². The highest BCUT2D eigenvalue weighted by Gasteiger charge is 2.58. The lowest BCUT2D eigenvalue weighted by Crippen LogP contribution is -2.61. The van der Waals surface area contributed by atoms with Crippen molar-refractivity contribution >= 4 is 18.4 Å². The van der Waals surface area contributed by atoms with Crippen molar-refractivity contribution in [3.63, 3.8) is 0 Å². The first-order valence-corrected chi connectivity index (χ1v) is 11.0. The van der Waals surface area contributed by atoms with Crippen molar-refractivity contribution in [1.82, 2.24) is 4.90 Å². The van der Waals surface area contributed by atoms with Gasteiger partial charge < -0.3 is 9.64 Å². The largest absolute Gasteiger partial charge is 0.458 e. The first-order valence-electron chi connectivity index (χ1n) is 11.0. The summed E-state index contributed by atoms with van der Waals surface area (Å²) in [6, 6.07) is 20.8. The zero-order valence-electron chi connectivity index (χ0n) is 17.9. The number of esters is 1. The van der Waals surface area contributed by atoms with E-state index in [1.165, 1.54) is 12.8 Å². The van der Waals surface area contributed by atoms with Crippen LogP contribution in [0.1, 0.15) is 49.1 Å². The summed E-state index contributed by atoms with van der Waals surface area (Å²) < 4.78 is 6.49. The maximum atomic E-state index is 13.6. The van der Waals surface area contributed by atoms with E-state index < -0.39 is 0 Å². The van der Waals surface area contributed by atoms with Crippen molar-refractivity contribution in [3.8, 4) is 0 Å². The number of benzene rings is 2. The van der Waals surface area contributed by atoms with Gasteiger partial charge in [0.05, 0.1) is 0 Å². The van der Waals surface area contributed by atoms with Crippen LogP contribution < -0.4 is 0 Å². The third kappa shape index (κ3) is 3.78. The van der Waals surface area contributed by atoms with E-state index in [0.717, 1.165) is 36.3 Å². The van der Waals surface area contributed by atoms with Gasteiger partial charge in [-0.2, -0.15) is 0 Å². The van der Waals surface area contributed by atoms with Gasteiger partial charge in [-0.05, 0) is 75.1 Å². The summed E-state index contributed by atoms with van der Waals surface area (Å²) in [6.45, 7) is 0. The van der Waals surface area contributed by atoms with Crippen LogP contribution in [-0.4, -0.2) is 36.6 Å². The molecule has 4 aliphatic carbocycles. The highest BCUT2D eigenvalue weighted by Crippen LogP contribution is 2.58. The molecule has 0 saturated heterocycles. The van der Waals surface area contributed by atoms with Gasteiger partial charge in [-0.15, -0.1) is 12.4 Å². The van der Waals surface area contributed by atoms with Crippen LogP contribution in [-0.2, 0) is 9.53 Å². The fourth-order valence-electron chi connectivity index (χ4n) is 6.92. The summed E-state index contributed by atoms with van der Waals surface area (Å²) in [6.07, 6.45) is 5.73. The van der Waals surface area contributed by atoms with Gasteiger partial charge in [0.15, 0.2) is 0 Å². The predicted molar refractivity (Wildman–Crippen MR) is 122 cm³/mol. The van der Waals surface area contributed by atoms with Crippen molar-refractivity contribution in [2.24, 2.45) is 17.8 Å². The number of nitrogens with zero attached hydrogens (tertiary/aromatic N) is 1. The number of carbonyl (C=O) groups excluding carboxylic acids is 1. The molecule has 0 amide bonds. The molecule has 0 N–H and O–H groups in total. The summed E-state index contributed by atoms with van der Waals surface area (Å²) in [5.74, 6) is 1.62. The highest BCUT2D eigenvalue weighted by molar-refractivity contribution is 5.85. The Balaban J connectivity index is 0.00000218. The van der Waals surface area contributed by atoms with E-state index in [1.807, 2.05) is 60.7 Å². The minimum atomic E-state index is -0.352. The lowest BCUT2D eigenvalue weighted by atomic mass is 9.52. The molecule has 4 fully saturated rings. The first kappa shape index (κ1) is 21.4. The van der Waals surface area contributed by atoms with E-state index in [2.05, 4.69) is 19.0 Å². The molecule has 4 bridgehead atoms. The first-order chi connectivity index (χ1) is 14.0. The van der Waals surface area contributed by atoms with Gasteiger partial charge in [0.25, 0.3) is 0 Å². The third-order valence-electron chi connectivity index (χ3n) is 7.58. The molecule has 0 spiro atoms. The molecule has 0 aromatic heterocycles. The maximum absolute atomic E-state index is 13.6. The second-order valence-electron chi connectivity index (χ2n) is 9.78. The van der Waals surface area contributed by atoms with Gasteiger partial charge in [0.2, 0.25) is 0 Å². The van der Waals surface area contributed by atoms with Gasteiger partial charge >= 0.3 is 5.97 Å². The lowest BCUT2D eigenvalue weighted by molar-refractivity contribution is -0.197. The minimum Gasteiger partial charge on any atom is -0.458 e. The molecule has 6 rings (SSSR count). The van der Waals surface area contributed by atoms with Crippen LogP contribution in [0.5, 0.6) is 0 Å². The summed E-state index contributed by atoms with van der Waals surface area (Å²) in [5, 5.41) is 0. The maximum Gasteiger partial charge on any atom is 0.318 e. The molecule has 0 aliphatic heterocycles. The van der Waals surface area contributed by atoms with E-state index in [9.17, 15) is 4.79 Å². The molecule has 0 heterocycles. The van der Waals surface area contributed by atoms with Crippen molar-refractivity contribution in [2.75, 3.05) is 14.1 Å². The van der Waals surface area contributed by atoms with E-state index in [0.29, 0.717) is 17.9 Å². The molecule has 2 aromatic rings. The van der Waals surface area contributed by atoms with Crippen LogP contribution in [0.4, 0.5) is 0 Å². The normalized spacial score (nSPS) is 31.6. The molecule has 3 nitrogen and oxygen atoms in total. The Hall–Kier alpha value is -1.84. The lowest BCUT2D eigenvalue weighted by Gasteiger charge is -2.60. The van der Waals surface area contributed by atoms with Crippen LogP contribution in [0.3, 0.4) is 0 Å². The number of carbonyl (C=O) groups is 1. The number of ether oxygens (including phenoxy) is 1. The topological polar surface area (TPSA) is 29.5 Å². The fourth-order valence-corrected chi connectivity index (χ4v) is 6.92. The van der Waals surface area contributed by atoms with E-state index in [4.69, 9.17) is 4.74 Å². The average Bonchev–Trinajstić information content (AvgIpc) is 2.68. The SMILES string of the molecule is CN(C)C1[C@@H]2CC3C[C@H]1CC(OC(=O)C(c1ccccc1)c1ccccc1)(C3)C2.Cl. The Morgan fingerprint density at radius 3 is 1.87 bits per heavy atom. The summed E-state index contributed by atoms with van der Waals surface area (Å²) in [7, 11) is 4.43. The monoisotopic (exact) mass is 425 g/mol. The third-order valence-corrected chi connectivity index (χ3v) is 7.58. The quantitative estimate of drug-likeness (QED) is 0.609. The highest BCUT2D eigenvalue weighted by atomic mass is 35.5. The Kier molecular flexibility index (Phi) is 5.96. The molecule has 3 unspecified atom stereocenters. The molecule has 4 heteroatoms. The molecule has 2 aromatic carbocycles. The van der Waals surface area contributed by atoms with Gasteiger partial charge in [-0.25, -0.2) is 0 Å². The molecule has 5 atom stereocenters. The molecule has 160 valence electrons. The van der Waals surface area contributed by atoms with Crippen LogP contribution in [0.15, 0.2) is 60.7 Å². The van der Waals surface area contributed by atoms with E-state index in [1.54, 1.807) is 0 Å². The number of rotatable bonds is 5. The molecule has 0 radical (unpaired) electrons. The van der Waals surface area contributed by atoms with Crippen molar-refractivity contribution in [3.05, 3.63) is 71.8 Å². The smallest absolute Gasteiger partial charge is 0.318 e. The van der Waals surface area contributed by atoms with Gasteiger partial charge in [0, 0.05) is 6.04 Å². The minimum absolute atomic E-state index is 0. The number of hydrogen-bond acceptors (Lipinski definition) is 3. The zero-order chi connectivity index (χ0) is 20.0. The fraction of sp³-hybridized carbons (Fsp3) is 0.500. The van der Waals surface area contributed by atoms with E-state index in [-0.39, 0.29) is 29.9 Å². The average molecular weight is 426 g/mol. The summed E-state index contributed by atoms with van der Waals surface area (Å²) in [4.78, 5) is 16.0. The Morgan fingerprint density at radius 2 is 1.40 bits per heavy atom. The number of hydrogen-bond donors (Lipinski definition) is 0. The summed E-state index contributed by atoms with van der Waals surface area (Å²) >= 11 is 0. The summed E-state index contributed by atoms with van der Waals surface area (Å²) in [5.41, 5.74) is 1.78. The molecular formula is C26H32ClNO2. The second kappa shape index (κ2) is 8.36. The standard InChI is InChI=1S/C26H31NO2.ClH/c1-27(2)24-21-13-18-14-22(24)17-26(15-18,16-21)29-25(28)23(19-9-5-3-6-10-19)20-11-7-4-8-12-20;/h3-12,18,21-24H,13-17H2,1-2H3;1H/t18?,21-,22+,24?,26?;. The van der Waals surface area contributed by atoms with Gasteiger partial charge in [-0.3, -0.25) is 4.79 Å².